The normalized spacial score (nSPS) is 19.3. The molecule has 1 unspecified atom stereocenters. The van der Waals surface area contributed by atoms with Gasteiger partial charge in [0.25, 0.3) is 0 Å². The lowest BCUT2D eigenvalue weighted by molar-refractivity contribution is 0.414. The zero-order valence-corrected chi connectivity index (χ0v) is 9.86. The zero-order chi connectivity index (χ0) is 10.7. The molecule has 0 fully saturated rings. The summed E-state index contributed by atoms with van der Waals surface area (Å²) in [6.45, 7) is 0. The molecule has 1 N–H and O–H groups in total. The second-order valence-corrected chi connectivity index (χ2v) is 4.07. The van der Waals surface area contributed by atoms with Crippen molar-refractivity contribution in [2.24, 2.45) is 4.99 Å². The highest BCUT2D eigenvalue weighted by Gasteiger charge is 2.15. The molecule has 1 heterocycles. The maximum atomic E-state index is 5.18. The predicted molar refractivity (Wildman–Crippen MR) is 64.4 cm³/mol. The number of hydrogen-bond donors (Lipinski definition) is 1. The van der Waals surface area contributed by atoms with E-state index in [-0.39, 0.29) is 6.04 Å². The Morgan fingerprint density at radius 2 is 2.33 bits per heavy atom. The second-order valence-electron chi connectivity index (χ2n) is 3.15. The van der Waals surface area contributed by atoms with Crippen LogP contribution in [0.25, 0.3) is 0 Å². The second kappa shape index (κ2) is 4.49. The molecule has 0 saturated carbocycles. The van der Waals surface area contributed by atoms with Crippen molar-refractivity contribution < 1.29 is 4.74 Å². The summed E-state index contributed by atoms with van der Waals surface area (Å²) < 4.78 is 6.19. The van der Waals surface area contributed by atoms with E-state index in [1.807, 2.05) is 30.5 Å². The molecule has 0 radical (unpaired) electrons. The first-order valence-electron chi connectivity index (χ1n) is 4.58. The molecule has 0 saturated heterocycles. The molecular formula is C11H11BrN2O. The molecule has 78 valence electrons. The van der Waals surface area contributed by atoms with Crippen LogP contribution >= 0.6 is 15.9 Å². The van der Waals surface area contributed by atoms with Crippen molar-refractivity contribution in [3.8, 4) is 5.75 Å². The van der Waals surface area contributed by atoms with Crippen LogP contribution in [0.5, 0.6) is 5.75 Å². The predicted octanol–water partition coefficient (Wildman–Crippen LogP) is 2.60. The molecule has 15 heavy (non-hydrogen) atoms. The number of rotatable bonds is 2. The first kappa shape index (κ1) is 10.2. The van der Waals surface area contributed by atoms with Crippen LogP contribution in [0.2, 0.25) is 0 Å². The van der Waals surface area contributed by atoms with Gasteiger partial charge in [-0.25, -0.2) is 0 Å². The molecule has 4 heteroatoms. The van der Waals surface area contributed by atoms with Crippen LogP contribution in [0.1, 0.15) is 11.6 Å². The van der Waals surface area contributed by atoms with Gasteiger partial charge in [-0.1, -0.05) is 28.1 Å². The minimum absolute atomic E-state index is 0.0290. The van der Waals surface area contributed by atoms with Gasteiger partial charge in [0, 0.05) is 10.7 Å². The molecule has 1 aliphatic heterocycles. The van der Waals surface area contributed by atoms with E-state index < -0.39 is 0 Å². The van der Waals surface area contributed by atoms with Gasteiger partial charge in [0.2, 0.25) is 0 Å². The molecule has 0 amide bonds. The summed E-state index contributed by atoms with van der Waals surface area (Å²) in [5.74, 6) is 0.849. The number of nitrogens with one attached hydrogen (secondary N) is 1. The maximum absolute atomic E-state index is 5.18. The lowest BCUT2D eigenvalue weighted by Crippen LogP contribution is -2.11. The van der Waals surface area contributed by atoms with Crippen LogP contribution in [-0.4, -0.2) is 13.4 Å². The molecule has 1 aliphatic rings. The summed E-state index contributed by atoms with van der Waals surface area (Å²) >= 11 is 3.48. The van der Waals surface area contributed by atoms with E-state index in [0.29, 0.717) is 0 Å². The summed E-state index contributed by atoms with van der Waals surface area (Å²) in [5.41, 5.74) is 1.11. The van der Waals surface area contributed by atoms with Gasteiger partial charge in [0.15, 0.2) is 0 Å². The van der Waals surface area contributed by atoms with Crippen LogP contribution in [0, 0.1) is 0 Å². The molecule has 3 nitrogen and oxygen atoms in total. The van der Waals surface area contributed by atoms with Crippen molar-refractivity contribution in [1.29, 1.82) is 0 Å². The van der Waals surface area contributed by atoms with Crippen LogP contribution < -0.4 is 10.1 Å². The lowest BCUT2D eigenvalue weighted by atomic mass is 10.1. The fraction of sp³-hybridized carbons (Fsp3) is 0.182. The number of ether oxygens (including phenoxy) is 1. The Morgan fingerprint density at radius 3 is 3.07 bits per heavy atom. The molecule has 0 spiro atoms. The smallest absolute Gasteiger partial charge is 0.119 e. The first-order chi connectivity index (χ1) is 7.31. The standard InChI is InChI=1S/C11H11BrN2O/c1-15-9-4-2-3-8(5-9)11-10(12)6-13-7-14-11/h2-7,11H,1H3,(H,13,14). The van der Waals surface area contributed by atoms with Gasteiger partial charge in [-0.3, -0.25) is 4.99 Å². The van der Waals surface area contributed by atoms with Crippen molar-refractivity contribution in [1.82, 2.24) is 5.32 Å². The SMILES string of the molecule is COc1cccc(C2N=CNC=C2Br)c1. The molecule has 1 atom stereocenters. The quantitative estimate of drug-likeness (QED) is 0.893. The van der Waals surface area contributed by atoms with Gasteiger partial charge in [0.1, 0.15) is 11.8 Å². The van der Waals surface area contributed by atoms with Gasteiger partial charge in [-0.2, -0.15) is 0 Å². The average Bonchev–Trinajstić information content (AvgIpc) is 2.30. The summed E-state index contributed by atoms with van der Waals surface area (Å²) in [5, 5.41) is 2.93. The average molecular weight is 267 g/mol. The molecule has 0 bridgehead atoms. The molecular weight excluding hydrogens is 256 g/mol. The fourth-order valence-corrected chi connectivity index (χ4v) is 1.96. The highest BCUT2D eigenvalue weighted by molar-refractivity contribution is 9.11. The van der Waals surface area contributed by atoms with Crippen molar-refractivity contribution in [2.45, 2.75) is 6.04 Å². The lowest BCUT2D eigenvalue weighted by Gasteiger charge is -2.16. The van der Waals surface area contributed by atoms with E-state index in [0.717, 1.165) is 15.8 Å². The van der Waals surface area contributed by atoms with E-state index in [2.05, 4.69) is 26.2 Å². The van der Waals surface area contributed by atoms with Crippen LogP contribution in [0.15, 0.2) is 39.9 Å². The molecule has 0 aromatic heterocycles. The van der Waals surface area contributed by atoms with E-state index in [1.54, 1.807) is 13.4 Å². The molecule has 2 rings (SSSR count). The monoisotopic (exact) mass is 266 g/mol. The minimum atomic E-state index is 0.0290. The van der Waals surface area contributed by atoms with Crippen molar-refractivity contribution in [2.75, 3.05) is 7.11 Å². The summed E-state index contributed by atoms with van der Waals surface area (Å²) in [6, 6.07) is 7.94. The third kappa shape index (κ3) is 2.21. The number of benzene rings is 1. The van der Waals surface area contributed by atoms with Gasteiger partial charge in [0.05, 0.1) is 13.4 Å². The minimum Gasteiger partial charge on any atom is -0.497 e. The Labute approximate surface area is 97.0 Å². The Balaban J connectivity index is 2.32. The van der Waals surface area contributed by atoms with Gasteiger partial charge >= 0.3 is 0 Å². The van der Waals surface area contributed by atoms with Gasteiger partial charge in [-0.05, 0) is 17.7 Å². The number of hydrogen-bond acceptors (Lipinski definition) is 3. The van der Waals surface area contributed by atoms with Crippen molar-refractivity contribution in [3.63, 3.8) is 0 Å². The largest absolute Gasteiger partial charge is 0.497 e. The third-order valence-corrected chi connectivity index (χ3v) is 2.85. The van der Waals surface area contributed by atoms with E-state index in [1.165, 1.54) is 0 Å². The highest BCUT2D eigenvalue weighted by atomic mass is 79.9. The zero-order valence-electron chi connectivity index (χ0n) is 8.27. The highest BCUT2D eigenvalue weighted by Crippen LogP contribution is 2.32. The van der Waals surface area contributed by atoms with E-state index in [9.17, 15) is 0 Å². The van der Waals surface area contributed by atoms with Crippen LogP contribution in [-0.2, 0) is 0 Å². The summed E-state index contributed by atoms with van der Waals surface area (Å²) in [6.07, 6.45) is 3.58. The van der Waals surface area contributed by atoms with E-state index in [4.69, 9.17) is 4.74 Å². The van der Waals surface area contributed by atoms with Crippen molar-refractivity contribution >= 4 is 22.3 Å². The van der Waals surface area contributed by atoms with Crippen LogP contribution in [0.3, 0.4) is 0 Å². The van der Waals surface area contributed by atoms with E-state index >= 15 is 0 Å². The maximum Gasteiger partial charge on any atom is 0.119 e. The summed E-state index contributed by atoms with van der Waals surface area (Å²) in [4.78, 5) is 4.35. The molecule has 1 aromatic rings. The summed E-state index contributed by atoms with van der Waals surface area (Å²) in [7, 11) is 1.66. The number of nitrogens with zero attached hydrogens (tertiary/aromatic N) is 1. The van der Waals surface area contributed by atoms with Gasteiger partial charge < -0.3 is 10.1 Å². The Bertz CT molecular complexity index is 415. The van der Waals surface area contributed by atoms with Gasteiger partial charge in [-0.15, -0.1) is 0 Å². The third-order valence-electron chi connectivity index (χ3n) is 2.19. The topological polar surface area (TPSA) is 33.6 Å². The van der Waals surface area contributed by atoms with Crippen LogP contribution in [0.4, 0.5) is 0 Å². The Kier molecular flexibility index (Phi) is 3.06. The number of halogens is 1. The Hall–Kier alpha value is -1.29. The Morgan fingerprint density at radius 1 is 1.47 bits per heavy atom. The number of aliphatic imine (C=N–C) groups is 1. The molecule has 1 aromatic carbocycles. The van der Waals surface area contributed by atoms with Crippen molar-refractivity contribution in [3.05, 3.63) is 40.5 Å². The first-order valence-corrected chi connectivity index (χ1v) is 5.38. The number of methoxy groups -OCH3 is 1. The molecule has 0 aliphatic carbocycles. The fourth-order valence-electron chi connectivity index (χ4n) is 1.44.